The molecule has 0 aliphatic heterocycles. The molecule has 2 unspecified atom stereocenters. The number of halogens is 6. The number of ether oxygens (including phenoxy) is 1. The van der Waals surface area contributed by atoms with Crippen LogP contribution in [0.5, 0.6) is 5.75 Å². The standard InChI is InChI=1S/C24H16Cl3F3N2O3/c1-35-21-17(29)8-11(9-18(21)30)19-20(24(19,26)27)23(34)32-14-6-7-16(25)15(10-14)22(33)31-13-4-2-12(28)3-5-13/h2-10,19-20H,1H3,(H,31,33)(H,32,34). The summed E-state index contributed by atoms with van der Waals surface area (Å²) in [4.78, 5) is 25.5. The fourth-order valence-electron chi connectivity index (χ4n) is 3.75. The number of hydrogen-bond acceptors (Lipinski definition) is 3. The Morgan fingerprint density at radius 1 is 0.914 bits per heavy atom. The topological polar surface area (TPSA) is 67.4 Å². The summed E-state index contributed by atoms with van der Waals surface area (Å²) in [6.45, 7) is 0. The first-order valence-corrected chi connectivity index (χ1v) is 11.2. The van der Waals surface area contributed by atoms with Crippen LogP contribution in [0.2, 0.25) is 5.02 Å². The molecule has 0 radical (unpaired) electrons. The second kappa shape index (κ2) is 9.60. The molecule has 5 nitrogen and oxygen atoms in total. The number of alkyl halides is 2. The largest absolute Gasteiger partial charge is 0.491 e. The summed E-state index contributed by atoms with van der Waals surface area (Å²) >= 11 is 18.7. The number of methoxy groups -OCH3 is 1. The van der Waals surface area contributed by atoms with Gasteiger partial charge < -0.3 is 15.4 Å². The monoisotopic (exact) mass is 542 g/mol. The van der Waals surface area contributed by atoms with Crippen molar-refractivity contribution in [2.75, 3.05) is 17.7 Å². The van der Waals surface area contributed by atoms with Crippen LogP contribution in [-0.2, 0) is 4.79 Å². The van der Waals surface area contributed by atoms with Gasteiger partial charge in [0.2, 0.25) is 5.91 Å². The molecule has 0 spiro atoms. The Labute approximate surface area is 213 Å². The lowest BCUT2D eigenvalue weighted by Gasteiger charge is -2.10. The van der Waals surface area contributed by atoms with E-state index in [1.165, 1.54) is 42.5 Å². The van der Waals surface area contributed by atoms with E-state index in [9.17, 15) is 22.8 Å². The van der Waals surface area contributed by atoms with Crippen molar-refractivity contribution in [3.8, 4) is 5.75 Å². The predicted molar refractivity (Wildman–Crippen MR) is 128 cm³/mol. The van der Waals surface area contributed by atoms with Gasteiger partial charge in [0, 0.05) is 17.3 Å². The average molecular weight is 544 g/mol. The Morgan fingerprint density at radius 2 is 1.51 bits per heavy atom. The quantitative estimate of drug-likeness (QED) is 0.347. The summed E-state index contributed by atoms with van der Waals surface area (Å²) in [5.74, 6) is -6.03. The number of carbonyl (C=O) groups excluding carboxylic acids is 2. The van der Waals surface area contributed by atoms with Gasteiger partial charge in [-0.3, -0.25) is 9.59 Å². The molecular weight excluding hydrogens is 528 g/mol. The van der Waals surface area contributed by atoms with E-state index in [0.717, 1.165) is 19.2 Å². The zero-order valence-corrected chi connectivity index (χ0v) is 20.1. The highest BCUT2D eigenvalue weighted by Gasteiger charge is 2.67. The van der Waals surface area contributed by atoms with Crippen molar-refractivity contribution in [1.82, 2.24) is 0 Å². The van der Waals surface area contributed by atoms with E-state index in [0.29, 0.717) is 5.69 Å². The first-order valence-electron chi connectivity index (χ1n) is 10.1. The lowest BCUT2D eigenvalue weighted by Crippen LogP contribution is -2.18. The van der Waals surface area contributed by atoms with Gasteiger partial charge in [-0.15, -0.1) is 23.2 Å². The highest BCUT2D eigenvalue weighted by Crippen LogP contribution is 2.65. The summed E-state index contributed by atoms with van der Waals surface area (Å²) in [5.41, 5.74) is 0.700. The van der Waals surface area contributed by atoms with Crippen molar-refractivity contribution >= 4 is 58.0 Å². The minimum atomic E-state index is -1.60. The van der Waals surface area contributed by atoms with Gasteiger partial charge >= 0.3 is 0 Å². The molecule has 3 aromatic carbocycles. The third kappa shape index (κ3) is 5.05. The third-order valence-corrected chi connectivity index (χ3v) is 6.77. The zero-order valence-electron chi connectivity index (χ0n) is 17.8. The van der Waals surface area contributed by atoms with Crippen LogP contribution in [0.15, 0.2) is 54.6 Å². The number of benzene rings is 3. The molecular formula is C24H16Cl3F3N2O3. The molecule has 2 amide bonds. The number of rotatable bonds is 6. The van der Waals surface area contributed by atoms with Crippen molar-refractivity contribution in [2.24, 2.45) is 5.92 Å². The van der Waals surface area contributed by atoms with Crippen LogP contribution in [-0.4, -0.2) is 23.3 Å². The van der Waals surface area contributed by atoms with Gasteiger partial charge in [0.05, 0.1) is 23.6 Å². The fourth-order valence-corrected chi connectivity index (χ4v) is 4.78. The maximum Gasteiger partial charge on any atom is 0.257 e. The summed E-state index contributed by atoms with van der Waals surface area (Å²) in [6, 6.07) is 11.4. The van der Waals surface area contributed by atoms with Crippen LogP contribution in [0.4, 0.5) is 24.5 Å². The average Bonchev–Trinajstić information content (AvgIpc) is 3.38. The van der Waals surface area contributed by atoms with Gasteiger partial charge in [-0.2, -0.15) is 0 Å². The molecule has 4 rings (SSSR count). The third-order valence-electron chi connectivity index (χ3n) is 5.50. The van der Waals surface area contributed by atoms with Crippen molar-refractivity contribution in [3.63, 3.8) is 0 Å². The summed E-state index contributed by atoms with van der Waals surface area (Å²) in [5, 5.41) is 5.29. The van der Waals surface area contributed by atoms with Crippen molar-refractivity contribution in [1.29, 1.82) is 0 Å². The number of anilines is 2. The molecule has 2 atom stereocenters. The highest BCUT2D eigenvalue weighted by molar-refractivity contribution is 6.53. The molecule has 11 heteroatoms. The number of carbonyl (C=O) groups is 2. The van der Waals surface area contributed by atoms with E-state index in [2.05, 4.69) is 15.4 Å². The van der Waals surface area contributed by atoms with Gasteiger partial charge in [-0.25, -0.2) is 13.2 Å². The second-order valence-electron chi connectivity index (χ2n) is 7.79. The van der Waals surface area contributed by atoms with Crippen LogP contribution in [0, 0.1) is 23.4 Å². The minimum absolute atomic E-state index is 0.0449. The molecule has 0 saturated heterocycles. The molecule has 1 fully saturated rings. The van der Waals surface area contributed by atoms with Crippen molar-refractivity contribution < 1.29 is 27.5 Å². The van der Waals surface area contributed by atoms with Crippen LogP contribution in [0.1, 0.15) is 21.8 Å². The van der Waals surface area contributed by atoms with Crippen LogP contribution < -0.4 is 15.4 Å². The molecule has 2 N–H and O–H groups in total. The maximum absolute atomic E-state index is 14.1. The van der Waals surface area contributed by atoms with Gasteiger partial charge in [0.15, 0.2) is 17.4 Å². The van der Waals surface area contributed by atoms with E-state index < -0.39 is 51.2 Å². The summed E-state index contributed by atoms with van der Waals surface area (Å²) in [6.07, 6.45) is 0. The molecule has 0 bridgehead atoms. The summed E-state index contributed by atoms with van der Waals surface area (Å²) < 4.78 is 44.4. The van der Waals surface area contributed by atoms with Crippen LogP contribution in [0.25, 0.3) is 0 Å². The van der Waals surface area contributed by atoms with Crippen LogP contribution >= 0.6 is 34.8 Å². The van der Waals surface area contributed by atoms with Gasteiger partial charge in [0.1, 0.15) is 10.2 Å². The Bertz CT molecular complexity index is 1300. The Hall–Kier alpha value is -2.94. The van der Waals surface area contributed by atoms with Crippen LogP contribution in [0.3, 0.4) is 0 Å². The number of nitrogens with one attached hydrogen (secondary N) is 2. The number of amides is 2. The van der Waals surface area contributed by atoms with Gasteiger partial charge in [-0.05, 0) is 60.2 Å². The van der Waals surface area contributed by atoms with Gasteiger partial charge in [-0.1, -0.05) is 11.6 Å². The van der Waals surface area contributed by atoms with Crippen molar-refractivity contribution in [3.05, 3.63) is 88.2 Å². The lowest BCUT2D eigenvalue weighted by molar-refractivity contribution is -0.117. The van der Waals surface area contributed by atoms with E-state index in [-0.39, 0.29) is 21.8 Å². The molecule has 1 saturated carbocycles. The second-order valence-corrected chi connectivity index (χ2v) is 9.64. The van der Waals surface area contributed by atoms with E-state index in [1.54, 1.807) is 0 Å². The predicted octanol–water partition coefficient (Wildman–Crippen LogP) is 6.54. The normalized spacial score (nSPS) is 18.0. The van der Waals surface area contributed by atoms with E-state index in [1.807, 2.05) is 0 Å². The minimum Gasteiger partial charge on any atom is -0.491 e. The maximum atomic E-state index is 14.1. The SMILES string of the molecule is COc1c(F)cc(C2C(C(=O)Nc3ccc(Cl)c(C(=O)Nc4ccc(F)cc4)c3)C2(Cl)Cl)cc1F. The molecule has 35 heavy (non-hydrogen) atoms. The lowest BCUT2D eigenvalue weighted by atomic mass is 10.1. The molecule has 1 aliphatic carbocycles. The van der Waals surface area contributed by atoms with Crippen molar-refractivity contribution in [2.45, 2.75) is 10.3 Å². The fraction of sp³-hybridized carbons (Fsp3) is 0.167. The molecule has 182 valence electrons. The highest BCUT2D eigenvalue weighted by atomic mass is 35.5. The molecule has 1 aliphatic rings. The van der Waals surface area contributed by atoms with E-state index in [4.69, 9.17) is 34.8 Å². The Kier molecular flexibility index (Phi) is 6.90. The van der Waals surface area contributed by atoms with Gasteiger partial charge in [0.25, 0.3) is 5.91 Å². The summed E-state index contributed by atoms with van der Waals surface area (Å²) in [7, 11) is 1.13. The Balaban J connectivity index is 1.51. The zero-order chi connectivity index (χ0) is 25.5. The first-order chi connectivity index (χ1) is 16.5. The number of hydrogen-bond donors (Lipinski definition) is 2. The smallest absolute Gasteiger partial charge is 0.257 e. The first kappa shape index (κ1) is 25.2. The molecule has 0 heterocycles. The Morgan fingerprint density at radius 3 is 2.11 bits per heavy atom. The van der Waals surface area contributed by atoms with E-state index >= 15 is 0 Å². The molecule has 3 aromatic rings. The molecule has 0 aromatic heterocycles.